The number of para-hydroxylation sites is 2. The summed E-state index contributed by atoms with van der Waals surface area (Å²) in [5.41, 5.74) is 1.76. The maximum Gasteiger partial charge on any atom is 0.326 e. The van der Waals surface area contributed by atoms with E-state index in [0.29, 0.717) is 0 Å². The third kappa shape index (κ3) is 3.28. The van der Waals surface area contributed by atoms with Gasteiger partial charge in [0.1, 0.15) is 0 Å². The van der Waals surface area contributed by atoms with Crippen molar-refractivity contribution in [2.45, 2.75) is 12.5 Å². The molecule has 2 aromatic rings. The molecular formula is C18H21N3O. The fourth-order valence-electron chi connectivity index (χ4n) is 2.91. The highest BCUT2D eigenvalue weighted by Crippen LogP contribution is 2.23. The number of rotatable bonds is 3. The fourth-order valence-corrected chi connectivity index (χ4v) is 2.91. The molecule has 0 saturated carbocycles. The standard InChI is InChI=1S/C18H21N3O/c1-20-13-12-17(14-20)21(16-10-6-3-7-11-16)18(22)19-15-8-4-2-5-9-15/h2-11,17H,12-14H2,1H3,(H,19,22). The van der Waals surface area contributed by atoms with Crippen LogP contribution in [-0.2, 0) is 0 Å². The van der Waals surface area contributed by atoms with Crippen molar-refractivity contribution in [2.24, 2.45) is 0 Å². The Morgan fingerprint density at radius 1 is 1.09 bits per heavy atom. The average Bonchev–Trinajstić information content (AvgIpc) is 2.95. The van der Waals surface area contributed by atoms with E-state index in [4.69, 9.17) is 0 Å². The number of carbonyl (C=O) groups excluding carboxylic acids is 1. The second-order valence-corrected chi connectivity index (χ2v) is 5.71. The van der Waals surface area contributed by atoms with E-state index in [0.717, 1.165) is 30.9 Å². The number of carbonyl (C=O) groups is 1. The highest BCUT2D eigenvalue weighted by molar-refractivity contribution is 6.02. The van der Waals surface area contributed by atoms with Crippen LogP contribution >= 0.6 is 0 Å². The van der Waals surface area contributed by atoms with Gasteiger partial charge >= 0.3 is 6.03 Å². The van der Waals surface area contributed by atoms with E-state index in [1.165, 1.54) is 0 Å². The Morgan fingerprint density at radius 2 is 1.73 bits per heavy atom. The molecule has 2 aromatic carbocycles. The van der Waals surface area contributed by atoms with Crippen molar-refractivity contribution in [1.82, 2.24) is 4.90 Å². The summed E-state index contributed by atoms with van der Waals surface area (Å²) in [5.74, 6) is 0. The number of benzene rings is 2. The average molecular weight is 295 g/mol. The molecular weight excluding hydrogens is 274 g/mol. The first-order valence-corrected chi connectivity index (χ1v) is 7.63. The van der Waals surface area contributed by atoms with E-state index in [1.807, 2.05) is 65.6 Å². The highest BCUT2D eigenvalue weighted by Gasteiger charge is 2.30. The van der Waals surface area contributed by atoms with Gasteiger partial charge in [0.15, 0.2) is 0 Å². The van der Waals surface area contributed by atoms with Crippen LogP contribution in [0, 0.1) is 0 Å². The summed E-state index contributed by atoms with van der Waals surface area (Å²) >= 11 is 0. The van der Waals surface area contributed by atoms with Crippen molar-refractivity contribution in [2.75, 3.05) is 30.4 Å². The Hall–Kier alpha value is -2.33. The van der Waals surface area contributed by atoms with E-state index < -0.39 is 0 Å². The number of likely N-dealkylation sites (N-methyl/N-ethyl adjacent to an activating group) is 1. The molecule has 0 spiro atoms. The predicted octanol–water partition coefficient (Wildman–Crippen LogP) is 3.43. The lowest BCUT2D eigenvalue weighted by Crippen LogP contribution is -2.44. The molecule has 0 radical (unpaired) electrons. The number of urea groups is 1. The minimum atomic E-state index is -0.0716. The lowest BCUT2D eigenvalue weighted by molar-refractivity contribution is 0.254. The summed E-state index contributed by atoms with van der Waals surface area (Å²) in [7, 11) is 2.10. The van der Waals surface area contributed by atoms with Gasteiger partial charge in [-0.15, -0.1) is 0 Å². The fraction of sp³-hybridized carbons (Fsp3) is 0.278. The number of hydrogen-bond acceptors (Lipinski definition) is 2. The summed E-state index contributed by atoms with van der Waals surface area (Å²) in [6.07, 6.45) is 0.994. The van der Waals surface area contributed by atoms with E-state index >= 15 is 0 Å². The quantitative estimate of drug-likeness (QED) is 0.941. The number of nitrogens with zero attached hydrogens (tertiary/aromatic N) is 2. The second-order valence-electron chi connectivity index (χ2n) is 5.71. The van der Waals surface area contributed by atoms with Gasteiger partial charge in [0.25, 0.3) is 0 Å². The molecule has 1 saturated heterocycles. The largest absolute Gasteiger partial charge is 0.326 e. The summed E-state index contributed by atoms with van der Waals surface area (Å²) in [6.45, 7) is 1.92. The number of hydrogen-bond donors (Lipinski definition) is 1. The molecule has 114 valence electrons. The normalized spacial score (nSPS) is 18.1. The van der Waals surface area contributed by atoms with Crippen LogP contribution in [0.5, 0.6) is 0 Å². The van der Waals surface area contributed by atoms with Gasteiger partial charge in [-0.05, 0) is 44.3 Å². The van der Waals surface area contributed by atoms with Crippen LogP contribution in [0.3, 0.4) is 0 Å². The molecule has 0 aliphatic carbocycles. The van der Waals surface area contributed by atoms with Gasteiger partial charge in [-0.3, -0.25) is 4.90 Å². The molecule has 1 aliphatic heterocycles. The molecule has 1 fully saturated rings. The lowest BCUT2D eigenvalue weighted by Gasteiger charge is -2.29. The lowest BCUT2D eigenvalue weighted by atomic mass is 10.2. The molecule has 3 rings (SSSR count). The van der Waals surface area contributed by atoms with Crippen LogP contribution in [0.1, 0.15) is 6.42 Å². The summed E-state index contributed by atoms with van der Waals surface area (Å²) in [5, 5.41) is 3.00. The molecule has 1 atom stereocenters. The molecule has 1 heterocycles. The first-order valence-electron chi connectivity index (χ1n) is 7.63. The molecule has 2 amide bonds. The Balaban J connectivity index is 1.83. The molecule has 1 aliphatic rings. The molecule has 0 aromatic heterocycles. The summed E-state index contributed by atoms with van der Waals surface area (Å²) in [4.78, 5) is 16.9. The van der Waals surface area contributed by atoms with E-state index in [2.05, 4.69) is 17.3 Å². The SMILES string of the molecule is CN1CCC(N(C(=O)Nc2ccccc2)c2ccccc2)C1. The van der Waals surface area contributed by atoms with Crippen molar-refractivity contribution in [3.63, 3.8) is 0 Å². The molecule has 22 heavy (non-hydrogen) atoms. The minimum absolute atomic E-state index is 0.0716. The number of likely N-dealkylation sites (tertiary alicyclic amines) is 1. The van der Waals surface area contributed by atoms with Crippen molar-refractivity contribution < 1.29 is 4.79 Å². The smallest absolute Gasteiger partial charge is 0.308 e. The van der Waals surface area contributed by atoms with Crippen LogP contribution in [-0.4, -0.2) is 37.1 Å². The van der Waals surface area contributed by atoms with Gasteiger partial charge in [0.2, 0.25) is 0 Å². The Labute approximate surface area is 131 Å². The van der Waals surface area contributed by atoms with Gasteiger partial charge < -0.3 is 10.2 Å². The van der Waals surface area contributed by atoms with Crippen molar-refractivity contribution in [1.29, 1.82) is 0 Å². The van der Waals surface area contributed by atoms with Gasteiger partial charge in [-0.2, -0.15) is 0 Å². The Kier molecular flexibility index (Phi) is 4.39. The topological polar surface area (TPSA) is 35.6 Å². The number of amides is 2. The first-order chi connectivity index (χ1) is 10.7. The summed E-state index contributed by atoms with van der Waals surface area (Å²) < 4.78 is 0. The second kappa shape index (κ2) is 6.62. The van der Waals surface area contributed by atoms with Crippen LogP contribution < -0.4 is 10.2 Å². The zero-order chi connectivity index (χ0) is 15.4. The van der Waals surface area contributed by atoms with Gasteiger partial charge in [-0.1, -0.05) is 36.4 Å². The van der Waals surface area contributed by atoms with Crippen molar-refractivity contribution in [3.8, 4) is 0 Å². The molecule has 4 nitrogen and oxygen atoms in total. The monoisotopic (exact) mass is 295 g/mol. The van der Waals surface area contributed by atoms with Crippen LogP contribution in [0.4, 0.5) is 16.2 Å². The van der Waals surface area contributed by atoms with Gasteiger partial charge in [-0.25, -0.2) is 4.79 Å². The third-order valence-corrected chi connectivity index (χ3v) is 4.01. The highest BCUT2D eigenvalue weighted by atomic mass is 16.2. The molecule has 0 bridgehead atoms. The van der Waals surface area contributed by atoms with Crippen molar-refractivity contribution >= 4 is 17.4 Å². The maximum atomic E-state index is 12.8. The maximum absolute atomic E-state index is 12.8. The Morgan fingerprint density at radius 3 is 2.32 bits per heavy atom. The molecule has 1 N–H and O–H groups in total. The van der Waals surface area contributed by atoms with E-state index in [9.17, 15) is 4.79 Å². The van der Waals surface area contributed by atoms with Gasteiger partial charge in [0, 0.05) is 17.9 Å². The van der Waals surface area contributed by atoms with Gasteiger partial charge in [0.05, 0.1) is 6.04 Å². The zero-order valence-corrected chi connectivity index (χ0v) is 12.8. The first kappa shape index (κ1) is 14.6. The van der Waals surface area contributed by atoms with E-state index in [-0.39, 0.29) is 12.1 Å². The number of anilines is 2. The number of nitrogens with one attached hydrogen (secondary N) is 1. The predicted molar refractivity (Wildman–Crippen MR) is 90.3 cm³/mol. The molecule has 1 unspecified atom stereocenters. The Bertz CT molecular complexity index is 615. The van der Waals surface area contributed by atoms with Crippen LogP contribution in [0.15, 0.2) is 60.7 Å². The van der Waals surface area contributed by atoms with Crippen molar-refractivity contribution in [3.05, 3.63) is 60.7 Å². The van der Waals surface area contributed by atoms with Crippen LogP contribution in [0.25, 0.3) is 0 Å². The zero-order valence-electron chi connectivity index (χ0n) is 12.8. The third-order valence-electron chi connectivity index (χ3n) is 4.01. The van der Waals surface area contributed by atoms with E-state index in [1.54, 1.807) is 0 Å². The molecule has 4 heteroatoms. The summed E-state index contributed by atoms with van der Waals surface area (Å²) in [6, 6.07) is 19.6. The van der Waals surface area contributed by atoms with Crippen LogP contribution in [0.2, 0.25) is 0 Å². The minimum Gasteiger partial charge on any atom is -0.308 e.